The number of carbonyl (C=O) groups is 1. The molecule has 2 aromatic heterocycles. The van der Waals surface area contributed by atoms with Crippen molar-refractivity contribution in [3.63, 3.8) is 0 Å². The zero-order valence-corrected chi connectivity index (χ0v) is 17.7. The number of rotatable bonds is 6. The quantitative estimate of drug-likeness (QED) is 0.625. The first-order valence-electron chi connectivity index (χ1n) is 9.21. The first-order chi connectivity index (χ1) is 13.3. The maximum absolute atomic E-state index is 12.2. The number of furan rings is 1. The van der Waals surface area contributed by atoms with E-state index >= 15 is 0 Å². The number of nitrogens with zero attached hydrogens (tertiary/aromatic N) is 3. The van der Waals surface area contributed by atoms with Crippen molar-refractivity contribution in [2.45, 2.75) is 44.3 Å². The summed E-state index contributed by atoms with van der Waals surface area (Å²) in [6, 6.07) is 11.9. The summed E-state index contributed by atoms with van der Waals surface area (Å²) in [6.07, 6.45) is 1.60. The summed E-state index contributed by atoms with van der Waals surface area (Å²) in [5, 5.41) is 12.2. The monoisotopic (exact) mass is 398 g/mol. The topological polar surface area (TPSA) is 73.0 Å². The van der Waals surface area contributed by atoms with E-state index in [4.69, 9.17) is 4.42 Å². The van der Waals surface area contributed by atoms with Crippen molar-refractivity contribution in [1.29, 1.82) is 0 Å². The van der Waals surface area contributed by atoms with Crippen molar-refractivity contribution in [3.8, 4) is 11.4 Å². The van der Waals surface area contributed by atoms with Gasteiger partial charge in [-0.2, -0.15) is 0 Å². The van der Waals surface area contributed by atoms with Crippen LogP contribution in [-0.2, 0) is 17.3 Å². The van der Waals surface area contributed by atoms with Gasteiger partial charge in [-0.1, -0.05) is 56.8 Å². The van der Waals surface area contributed by atoms with E-state index in [1.807, 2.05) is 30.7 Å². The van der Waals surface area contributed by atoms with Crippen LogP contribution in [0, 0.1) is 0 Å². The van der Waals surface area contributed by atoms with Gasteiger partial charge in [-0.05, 0) is 30.0 Å². The van der Waals surface area contributed by atoms with Crippen molar-refractivity contribution in [2.75, 3.05) is 5.75 Å². The van der Waals surface area contributed by atoms with Gasteiger partial charge in [-0.3, -0.25) is 4.79 Å². The largest absolute Gasteiger partial charge is 0.467 e. The summed E-state index contributed by atoms with van der Waals surface area (Å²) in [7, 11) is 1.92. The molecule has 1 amide bonds. The highest BCUT2D eigenvalue weighted by molar-refractivity contribution is 7.99. The molecule has 2 heterocycles. The van der Waals surface area contributed by atoms with E-state index in [0.29, 0.717) is 5.16 Å². The van der Waals surface area contributed by atoms with Crippen molar-refractivity contribution in [1.82, 2.24) is 20.1 Å². The number of nitrogens with one attached hydrogen (secondary N) is 1. The first kappa shape index (κ1) is 20.2. The summed E-state index contributed by atoms with van der Waals surface area (Å²) in [5.41, 5.74) is 2.39. The van der Waals surface area contributed by atoms with Crippen LogP contribution >= 0.6 is 11.8 Å². The van der Waals surface area contributed by atoms with E-state index in [0.717, 1.165) is 17.1 Å². The van der Waals surface area contributed by atoms with Gasteiger partial charge in [0.25, 0.3) is 0 Å². The van der Waals surface area contributed by atoms with E-state index < -0.39 is 0 Å². The average molecular weight is 399 g/mol. The van der Waals surface area contributed by atoms with Crippen LogP contribution in [0.4, 0.5) is 0 Å². The normalized spacial score (nSPS) is 12.8. The summed E-state index contributed by atoms with van der Waals surface area (Å²) in [4.78, 5) is 12.2. The van der Waals surface area contributed by atoms with Gasteiger partial charge >= 0.3 is 0 Å². The molecule has 0 fully saturated rings. The maximum Gasteiger partial charge on any atom is 0.231 e. The zero-order valence-electron chi connectivity index (χ0n) is 16.9. The molecular formula is C21H26N4O2S. The fraction of sp³-hybridized carbons (Fsp3) is 0.381. The number of aromatic nitrogens is 3. The molecule has 1 aromatic carbocycles. The molecule has 0 saturated heterocycles. The molecule has 0 aliphatic carbocycles. The summed E-state index contributed by atoms with van der Waals surface area (Å²) in [5.74, 6) is 1.71. The molecule has 0 bridgehead atoms. The summed E-state index contributed by atoms with van der Waals surface area (Å²) >= 11 is 1.36. The zero-order chi connectivity index (χ0) is 20.3. The van der Waals surface area contributed by atoms with Gasteiger partial charge in [0.2, 0.25) is 5.91 Å². The second-order valence-electron chi connectivity index (χ2n) is 7.79. The highest BCUT2D eigenvalue weighted by Crippen LogP contribution is 2.27. The van der Waals surface area contributed by atoms with Crippen molar-refractivity contribution >= 4 is 17.7 Å². The fourth-order valence-electron chi connectivity index (χ4n) is 2.83. The van der Waals surface area contributed by atoms with Gasteiger partial charge in [0.15, 0.2) is 11.0 Å². The number of hydrogen-bond donors (Lipinski definition) is 1. The Morgan fingerprint density at radius 1 is 1.21 bits per heavy atom. The first-order valence-corrected chi connectivity index (χ1v) is 10.2. The van der Waals surface area contributed by atoms with Crippen LogP contribution in [0.5, 0.6) is 0 Å². The lowest BCUT2D eigenvalue weighted by Crippen LogP contribution is -2.28. The lowest BCUT2D eigenvalue weighted by Gasteiger charge is -2.19. The molecular weight excluding hydrogens is 372 g/mol. The smallest absolute Gasteiger partial charge is 0.231 e. The van der Waals surface area contributed by atoms with Gasteiger partial charge in [-0.15, -0.1) is 10.2 Å². The van der Waals surface area contributed by atoms with Crippen molar-refractivity contribution in [3.05, 3.63) is 54.0 Å². The molecule has 148 valence electrons. The van der Waals surface area contributed by atoms with Crippen LogP contribution in [0.25, 0.3) is 11.4 Å². The van der Waals surface area contributed by atoms with Gasteiger partial charge in [0.1, 0.15) is 5.76 Å². The predicted octanol–water partition coefficient (Wildman–Crippen LogP) is 4.34. The van der Waals surface area contributed by atoms with Crippen LogP contribution in [-0.4, -0.2) is 26.4 Å². The van der Waals surface area contributed by atoms with Crippen LogP contribution in [0.15, 0.2) is 52.2 Å². The minimum Gasteiger partial charge on any atom is -0.467 e. The lowest BCUT2D eigenvalue weighted by atomic mass is 9.87. The van der Waals surface area contributed by atoms with Crippen LogP contribution < -0.4 is 5.32 Å². The Morgan fingerprint density at radius 2 is 1.93 bits per heavy atom. The molecule has 0 spiro atoms. The van der Waals surface area contributed by atoms with Gasteiger partial charge < -0.3 is 14.3 Å². The van der Waals surface area contributed by atoms with Crippen LogP contribution in [0.2, 0.25) is 0 Å². The molecule has 1 atom stereocenters. The number of benzene rings is 1. The standard InChI is InChI=1S/C21H26N4O2S/c1-14(17-7-6-12-27-17)22-18(26)13-28-20-24-23-19(25(20)5)15-8-10-16(11-9-15)21(2,3)4/h6-12,14H,13H2,1-5H3,(H,22,26). The Labute approximate surface area is 169 Å². The van der Waals surface area contributed by atoms with Gasteiger partial charge in [0, 0.05) is 12.6 Å². The predicted molar refractivity (Wildman–Crippen MR) is 111 cm³/mol. The molecule has 6 nitrogen and oxygen atoms in total. The Bertz CT molecular complexity index is 924. The minimum absolute atomic E-state index is 0.0759. The number of carbonyl (C=O) groups excluding carboxylic acids is 1. The van der Waals surface area contributed by atoms with Crippen molar-refractivity contribution < 1.29 is 9.21 Å². The van der Waals surface area contributed by atoms with E-state index in [-0.39, 0.29) is 23.1 Å². The number of amides is 1. The lowest BCUT2D eigenvalue weighted by molar-refractivity contribution is -0.119. The Hall–Kier alpha value is -2.54. The average Bonchev–Trinajstić information content (AvgIpc) is 3.29. The molecule has 28 heavy (non-hydrogen) atoms. The fourth-order valence-corrected chi connectivity index (χ4v) is 3.56. The number of hydrogen-bond acceptors (Lipinski definition) is 5. The summed E-state index contributed by atoms with van der Waals surface area (Å²) < 4.78 is 7.23. The molecule has 3 aromatic rings. The Balaban J connectivity index is 1.62. The van der Waals surface area contributed by atoms with E-state index in [2.05, 4.69) is 60.6 Å². The molecule has 1 unspecified atom stereocenters. The van der Waals surface area contributed by atoms with Crippen LogP contribution in [0.1, 0.15) is 45.1 Å². The second kappa shape index (κ2) is 8.22. The number of thioether (sulfide) groups is 1. The molecule has 0 saturated carbocycles. The molecule has 0 radical (unpaired) electrons. The van der Waals surface area contributed by atoms with Gasteiger partial charge in [-0.25, -0.2) is 0 Å². The maximum atomic E-state index is 12.2. The van der Waals surface area contributed by atoms with E-state index in [9.17, 15) is 4.79 Å². The third kappa shape index (κ3) is 4.65. The second-order valence-corrected chi connectivity index (χ2v) is 8.73. The van der Waals surface area contributed by atoms with E-state index in [1.54, 1.807) is 6.26 Å². The molecule has 1 N–H and O–H groups in total. The molecule has 7 heteroatoms. The van der Waals surface area contributed by atoms with Crippen molar-refractivity contribution in [2.24, 2.45) is 7.05 Å². The molecule has 0 aliphatic heterocycles. The molecule has 3 rings (SSSR count). The molecule has 0 aliphatic rings. The Morgan fingerprint density at radius 3 is 2.54 bits per heavy atom. The Kier molecular flexibility index (Phi) is 5.93. The highest BCUT2D eigenvalue weighted by atomic mass is 32.2. The third-order valence-corrected chi connectivity index (χ3v) is 5.54. The minimum atomic E-state index is -0.167. The van der Waals surface area contributed by atoms with E-state index in [1.165, 1.54) is 17.3 Å². The third-order valence-electron chi connectivity index (χ3n) is 4.52. The SMILES string of the molecule is CC(NC(=O)CSc1nnc(-c2ccc(C(C)(C)C)cc2)n1C)c1ccco1. The van der Waals surface area contributed by atoms with Crippen LogP contribution in [0.3, 0.4) is 0 Å². The highest BCUT2D eigenvalue weighted by Gasteiger charge is 2.17. The van der Waals surface area contributed by atoms with Gasteiger partial charge in [0.05, 0.1) is 18.1 Å². The summed E-state index contributed by atoms with van der Waals surface area (Å²) in [6.45, 7) is 8.47.